The van der Waals surface area contributed by atoms with E-state index < -0.39 is 0 Å². The van der Waals surface area contributed by atoms with Crippen LogP contribution in [0.15, 0.2) is 0 Å². The lowest BCUT2D eigenvalue weighted by atomic mass is 10.2. The molecule has 12 heavy (non-hydrogen) atoms. The molecule has 2 atom stereocenters. The molecule has 1 N–H and O–H groups in total. The number of likely N-dealkylation sites (tertiary alicyclic amines) is 1. The molecule has 0 aromatic rings. The normalized spacial score (nSPS) is 31.2. The van der Waals surface area contributed by atoms with E-state index in [1.54, 1.807) is 7.11 Å². The molecule has 1 saturated heterocycles. The highest BCUT2D eigenvalue weighted by molar-refractivity contribution is 4.84. The monoisotopic (exact) mass is 172 g/mol. The fourth-order valence-corrected chi connectivity index (χ4v) is 1.71. The van der Waals surface area contributed by atoms with Crippen LogP contribution in [0.5, 0.6) is 0 Å². The van der Waals surface area contributed by atoms with Gasteiger partial charge in [-0.2, -0.15) is 0 Å². The average Bonchev–Trinajstić information content (AvgIpc) is 2.32. The van der Waals surface area contributed by atoms with E-state index in [1.807, 2.05) is 0 Å². The van der Waals surface area contributed by atoms with Crippen LogP contribution in [0.4, 0.5) is 0 Å². The number of hydrogen-bond acceptors (Lipinski definition) is 3. The van der Waals surface area contributed by atoms with Gasteiger partial charge in [0.05, 0.1) is 6.61 Å². The maximum absolute atomic E-state index is 4.98. The molecule has 1 rings (SSSR count). The van der Waals surface area contributed by atoms with Crippen molar-refractivity contribution in [2.45, 2.75) is 25.4 Å². The number of likely N-dealkylation sites (N-methyl/N-ethyl adjacent to an activating group) is 1. The molecule has 0 bridgehead atoms. The summed E-state index contributed by atoms with van der Waals surface area (Å²) in [5.74, 6) is 0. The van der Waals surface area contributed by atoms with Crippen LogP contribution < -0.4 is 5.32 Å². The van der Waals surface area contributed by atoms with Gasteiger partial charge in [-0.3, -0.25) is 0 Å². The smallest absolute Gasteiger partial charge is 0.0587 e. The summed E-state index contributed by atoms with van der Waals surface area (Å²) in [4.78, 5) is 2.39. The molecule has 1 fully saturated rings. The third-order valence-corrected chi connectivity index (χ3v) is 2.63. The lowest BCUT2D eigenvalue weighted by molar-refractivity contribution is 0.195. The summed E-state index contributed by atoms with van der Waals surface area (Å²) in [7, 11) is 3.92. The topological polar surface area (TPSA) is 24.5 Å². The van der Waals surface area contributed by atoms with Crippen LogP contribution in [-0.2, 0) is 4.74 Å². The molecule has 1 heterocycles. The van der Waals surface area contributed by atoms with Crippen LogP contribution in [0.3, 0.4) is 0 Å². The van der Waals surface area contributed by atoms with Crippen molar-refractivity contribution in [1.82, 2.24) is 10.2 Å². The van der Waals surface area contributed by atoms with Gasteiger partial charge in [-0.15, -0.1) is 0 Å². The Morgan fingerprint density at radius 1 is 1.58 bits per heavy atom. The largest absolute Gasteiger partial charge is 0.383 e. The Morgan fingerprint density at radius 3 is 2.83 bits per heavy atom. The maximum Gasteiger partial charge on any atom is 0.0587 e. The highest BCUT2D eigenvalue weighted by Gasteiger charge is 2.24. The Hall–Kier alpha value is -0.120. The Bertz CT molecular complexity index is 120. The molecule has 0 radical (unpaired) electrons. The Balaban J connectivity index is 2.10. The van der Waals surface area contributed by atoms with Crippen LogP contribution >= 0.6 is 0 Å². The number of nitrogens with one attached hydrogen (secondary N) is 1. The predicted molar refractivity (Wildman–Crippen MR) is 50.4 cm³/mol. The molecule has 0 aromatic heterocycles. The fraction of sp³-hybridized carbons (Fsp3) is 1.00. The van der Waals surface area contributed by atoms with Crippen molar-refractivity contribution in [2.75, 3.05) is 33.9 Å². The number of rotatable bonds is 4. The molecule has 3 heteroatoms. The molecule has 0 spiro atoms. The molecule has 0 aromatic carbocycles. The van der Waals surface area contributed by atoms with E-state index in [1.165, 1.54) is 13.0 Å². The summed E-state index contributed by atoms with van der Waals surface area (Å²) in [5, 5.41) is 3.48. The van der Waals surface area contributed by atoms with Gasteiger partial charge in [0.25, 0.3) is 0 Å². The molecule has 1 aliphatic heterocycles. The van der Waals surface area contributed by atoms with Gasteiger partial charge >= 0.3 is 0 Å². The van der Waals surface area contributed by atoms with Crippen LogP contribution in [0.1, 0.15) is 13.3 Å². The van der Waals surface area contributed by atoms with Crippen LogP contribution in [-0.4, -0.2) is 50.8 Å². The molecule has 2 unspecified atom stereocenters. The van der Waals surface area contributed by atoms with Gasteiger partial charge in [0.15, 0.2) is 0 Å². The molecule has 0 amide bonds. The van der Waals surface area contributed by atoms with Gasteiger partial charge in [0, 0.05) is 32.3 Å². The summed E-state index contributed by atoms with van der Waals surface area (Å²) >= 11 is 0. The first-order valence-electron chi connectivity index (χ1n) is 4.66. The van der Waals surface area contributed by atoms with E-state index in [0.29, 0.717) is 6.04 Å². The molecule has 0 aliphatic carbocycles. The van der Waals surface area contributed by atoms with Crippen molar-refractivity contribution < 1.29 is 4.74 Å². The predicted octanol–water partition coefficient (Wildman–Crippen LogP) is 0.315. The first-order chi connectivity index (χ1) is 5.74. The fourth-order valence-electron chi connectivity index (χ4n) is 1.71. The van der Waals surface area contributed by atoms with Gasteiger partial charge < -0.3 is 15.0 Å². The summed E-state index contributed by atoms with van der Waals surface area (Å²) in [6, 6.07) is 1.39. The highest BCUT2D eigenvalue weighted by Crippen LogP contribution is 2.14. The summed E-state index contributed by atoms with van der Waals surface area (Å²) in [6.45, 7) is 5.24. The molecule has 72 valence electrons. The Labute approximate surface area is 75.1 Å². The van der Waals surface area contributed by atoms with Gasteiger partial charge in [-0.25, -0.2) is 0 Å². The third kappa shape index (κ3) is 2.73. The molecule has 1 aliphatic rings. The summed E-state index contributed by atoms with van der Waals surface area (Å²) in [6.07, 6.45) is 1.26. The lowest BCUT2D eigenvalue weighted by Crippen LogP contribution is -2.33. The Morgan fingerprint density at radius 2 is 2.33 bits per heavy atom. The maximum atomic E-state index is 4.98. The quantitative estimate of drug-likeness (QED) is 0.618. The molecule has 0 saturated carbocycles. The van der Waals surface area contributed by atoms with E-state index >= 15 is 0 Å². The molecular weight excluding hydrogens is 152 g/mol. The van der Waals surface area contributed by atoms with Crippen LogP contribution in [0.2, 0.25) is 0 Å². The van der Waals surface area contributed by atoms with E-state index in [2.05, 4.69) is 24.2 Å². The van der Waals surface area contributed by atoms with E-state index in [4.69, 9.17) is 4.74 Å². The summed E-state index contributed by atoms with van der Waals surface area (Å²) < 4.78 is 4.98. The minimum absolute atomic E-state index is 0.667. The average molecular weight is 172 g/mol. The summed E-state index contributed by atoms with van der Waals surface area (Å²) in [5.41, 5.74) is 0. The first-order valence-corrected chi connectivity index (χ1v) is 4.66. The van der Waals surface area contributed by atoms with Crippen molar-refractivity contribution in [3.05, 3.63) is 0 Å². The van der Waals surface area contributed by atoms with Crippen LogP contribution in [0.25, 0.3) is 0 Å². The van der Waals surface area contributed by atoms with Gasteiger partial charge in [-0.1, -0.05) is 0 Å². The first kappa shape index (κ1) is 9.96. The van der Waals surface area contributed by atoms with Crippen molar-refractivity contribution >= 4 is 0 Å². The second-order valence-corrected chi connectivity index (χ2v) is 3.67. The molecule has 3 nitrogen and oxygen atoms in total. The van der Waals surface area contributed by atoms with Crippen LogP contribution in [0, 0.1) is 0 Å². The van der Waals surface area contributed by atoms with Crippen molar-refractivity contribution in [3.63, 3.8) is 0 Å². The van der Waals surface area contributed by atoms with E-state index in [0.717, 1.165) is 19.2 Å². The second kappa shape index (κ2) is 4.80. The van der Waals surface area contributed by atoms with Crippen molar-refractivity contribution in [3.8, 4) is 0 Å². The number of methoxy groups -OCH3 is 1. The number of nitrogens with zero attached hydrogens (tertiary/aromatic N) is 1. The number of hydrogen-bond donors (Lipinski definition) is 1. The van der Waals surface area contributed by atoms with Gasteiger partial charge in [0.2, 0.25) is 0 Å². The zero-order valence-corrected chi connectivity index (χ0v) is 8.34. The lowest BCUT2D eigenvalue weighted by Gasteiger charge is -2.13. The Kier molecular flexibility index (Phi) is 3.98. The highest BCUT2D eigenvalue weighted by atomic mass is 16.5. The van der Waals surface area contributed by atoms with Gasteiger partial charge in [0.1, 0.15) is 0 Å². The van der Waals surface area contributed by atoms with E-state index in [-0.39, 0.29) is 0 Å². The minimum Gasteiger partial charge on any atom is -0.383 e. The van der Waals surface area contributed by atoms with E-state index in [9.17, 15) is 0 Å². The minimum atomic E-state index is 0.667. The van der Waals surface area contributed by atoms with Gasteiger partial charge in [-0.05, 0) is 20.4 Å². The van der Waals surface area contributed by atoms with Crippen molar-refractivity contribution in [2.24, 2.45) is 0 Å². The zero-order chi connectivity index (χ0) is 8.97. The zero-order valence-electron chi connectivity index (χ0n) is 8.34. The van der Waals surface area contributed by atoms with Crippen molar-refractivity contribution in [1.29, 1.82) is 0 Å². The molecular formula is C9H20N2O. The number of ether oxygens (including phenoxy) is 1. The third-order valence-electron chi connectivity index (χ3n) is 2.63. The SMILES string of the molecule is COCCNC1CC(C)N(C)C1. The standard InChI is InChI=1S/C9H20N2O/c1-8-6-9(7-11(8)2)10-4-5-12-3/h8-10H,4-7H2,1-3H3. The second-order valence-electron chi connectivity index (χ2n) is 3.67.